The first-order valence-electron chi connectivity index (χ1n) is 11.7. The van der Waals surface area contributed by atoms with E-state index in [-0.39, 0.29) is 42.8 Å². The molecule has 2 aromatic rings. The van der Waals surface area contributed by atoms with Gasteiger partial charge in [0.2, 0.25) is 11.8 Å². The van der Waals surface area contributed by atoms with Gasteiger partial charge in [-0.1, -0.05) is 6.07 Å². The summed E-state index contributed by atoms with van der Waals surface area (Å²) in [6.45, 7) is 5.41. The van der Waals surface area contributed by atoms with Crippen molar-refractivity contribution in [3.63, 3.8) is 0 Å². The molecular weight excluding hydrogens is 434 g/mol. The number of nitrogens with one attached hydrogen (secondary N) is 2. The average molecular weight is 466 g/mol. The highest BCUT2D eigenvalue weighted by atomic mass is 16.5. The molecule has 180 valence electrons. The van der Waals surface area contributed by atoms with Gasteiger partial charge in [-0.2, -0.15) is 0 Å². The molecule has 2 N–H and O–H groups in total. The lowest BCUT2D eigenvalue weighted by atomic mass is 10.1. The van der Waals surface area contributed by atoms with Crippen LogP contribution in [-0.2, 0) is 19.1 Å². The van der Waals surface area contributed by atoms with Crippen LogP contribution in [0.5, 0.6) is 5.75 Å². The molecule has 34 heavy (non-hydrogen) atoms. The lowest BCUT2D eigenvalue weighted by Gasteiger charge is -2.18. The van der Waals surface area contributed by atoms with Crippen LogP contribution in [-0.4, -0.2) is 50.1 Å². The monoisotopic (exact) mass is 465 g/mol. The zero-order chi connectivity index (χ0) is 24.1. The molecule has 2 heterocycles. The molecule has 2 aliphatic heterocycles. The molecule has 0 radical (unpaired) electrons. The van der Waals surface area contributed by atoms with E-state index in [0.717, 1.165) is 36.3 Å². The average Bonchev–Trinajstić information content (AvgIpc) is 3.45. The molecule has 3 amide bonds. The number of hydrogen-bond acceptors (Lipinski definition) is 5. The van der Waals surface area contributed by atoms with E-state index in [1.807, 2.05) is 32.0 Å². The van der Waals surface area contributed by atoms with Gasteiger partial charge >= 0.3 is 0 Å². The standard InChI is InChI=1S/C26H31N3O5/c1-17-10-18(2)12-20(11-17)28-24(30)16-34-22-7-5-21(6-8-22)29-15-19(13-25(29)31)26(32)27-14-23-4-3-9-33-23/h5-8,10-12,19,23H,3-4,9,13-16H2,1-2H3,(H,27,32)(H,28,30)/t19-,23-/m0/s1. The number of anilines is 2. The van der Waals surface area contributed by atoms with E-state index in [2.05, 4.69) is 10.6 Å². The fourth-order valence-electron chi connectivity index (χ4n) is 4.41. The Morgan fingerprint density at radius 2 is 1.85 bits per heavy atom. The topological polar surface area (TPSA) is 97.0 Å². The van der Waals surface area contributed by atoms with Crippen LogP contribution in [0.25, 0.3) is 0 Å². The van der Waals surface area contributed by atoms with Crippen molar-refractivity contribution >= 4 is 29.1 Å². The van der Waals surface area contributed by atoms with Gasteiger partial charge < -0.3 is 25.0 Å². The van der Waals surface area contributed by atoms with E-state index in [0.29, 0.717) is 24.5 Å². The van der Waals surface area contributed by atoms with Gasteiger partial charge in [-0.05, 0) is 74.2 Å². The van der Waals surface area contributed by atoms with Gasteiger partial charge in [0.05, 0.1) is 12.0 Å². The molecule has 2 atom stereocenters. The molecule has 0 saturated carbocycles. The first-order chi connectivity index (χ1) is 16.4. The molecule has 0 aromatic heterocycles. The maximum atomic E-state index is 12.5. The van der Waals surface area contributed by atoms with Gasteiger partial charge in [-0.25, -0.2) is 0 Å². The van der Waals surface area contributed by atoms with Gasteiger partial charge in [-0.15, -0.1) is 0 Å². The lowest BCUT2D eigenvalue weighted by molar-refractivity contribution is -0.126. The van der Waals surface area contributed by atoms with Gasteiger partial charge in [0, 0.05) is 37.5 Å². The maximum absolute atomic E-state index is 12.5. The predicted molar refractivity (Wildman–Crippen MR) is 129 cm³/mol. The van der Waals surface area contributed by atoms with E-state index in [1.165, 1.54) is 0 Å². The fourth-order valence-corrected chi connectivity index (χ4v) is 4.41. The molecule has 2 aliphatic rings. The number of aryl methyl sites for hydroxylation is 2. The molecule has 2 aromatic carbocycles. The molecule has 2 saturated heterocycles. The summed E-state index contributed by atoms with van der Waals surface area (Å²) in [5.74, 6) is -0.295. The summed E-state index contributed by atoms with van der Waals surface area (Å²) in [5.41, 5.74) is 3.59. The zero-order valence-corrected chi connectivity index (χ0v) is 19.6. The zero-order valence-electron chi connectivity index (χ0n) is 19.6. The number of benzene rings is 2. The Morgan fingerprint density at radius 3 is 2.53 bits per heavy atom. The second-order valence-corrected chi connectivity index (χ2v) is 8.99. The first kappa shape index (κ1) is 23.8. The largest absolute Gasteiger partial charge is 0.484 e. The maximum Gasteiger partial charge on any atom is 0.262 e. The molecule has 2 fully saturated rings. The number of carbonyl (C=O) groups is 3. The Hall–Kier alpha value is -3.39. The Labute approximate surface area is 199 Å². The van der Waals surface area contributed by atoms with E-state index in [1.54, 1.807) is 29.2 Å². The minimum atomic E-state index is -0.376. The van der Waals surface area contributed by atoms with Crippen LogP contribution in [0, 0.1) is 19.8 Å². The number of ether oxygens (including phenoxy) is 2. The van der Waals surface area contributed by atoms with Gasteiger partial charge in [0.15, 0.2) is 6.61 Å². The predicted octanol–water partition coefficient (Wildman–Crippen LogP) is 2.97. The molecular formula is C26H31N3O5. The van der Waals surface area contributed by atoms with Crippen LogP contribution in [0.4, 0.5) is 11.4 Å². The van der Waals surface area contributed by atoms with Gasteiger partial charge in [-0.3, -0.25) is 14.4 Å². The fraction of sp³-hybridized carbons (Fsp3) is 0.423. The minimum absolute atomic E-state index is 0.0766. The van der Waals surface area contributed by atoms with Crippen LogP contribution >= 0.6 is 0 Å². The third-order valence-corrected chi connectivity index (χ3v) is 6.05. The van der Waals surface area contributed by atoms with Crippen molar-refractivity contribution < 1.29 is 23.9 Å². The summed E-state index contributed by atoms with van der Waals surface area (Å²) in [6, 6.07) is 12.8. The Kier molecular flexibility index (Phi) is 7.47. The van der Waals surface area contributed by atoms with E-state index < -0.39 is 0 Å². The van der Waals surface area contributed by atoms with Gasteiger partial charge in [0.25, 0.3) is 5.91 Å². The second-order valence-electron chi connectivity index (χ2n) is 8.99. The van der Waals surface area contributed by atoms with Crippen LogP contribution < -0.4 is 20.3 Å². The van der Waals surface area contributed by atoms with Crippen molar-refractivity contribution in [3.8, 4) is 5.75 Å². The van der Waals surface area contributed by atoms with Crippen molar-refractivity contribution in [2.75, 3.05) is 36.5 Å². The highest BCUT2D eigenvalue weighted by Crippen LogP contribution is 2.27. The lowest BCUT2D eigenvalue weighted by Crippen LogP contribution is -2.37. The van der Waals surface area contributed by atoms with Crippen molar-refractivity contribution in [2.24, 2.45) is 5.92 Å². The smallest absolute Gasteiger partial charge is 0.262 e. The van der Waals surface area contributed by atoms with Crippen LogP contribution in [0.2, 0.25) is 0 Å². The summed E-state index contributed by atoms with van der Waals surface area (Å²) >= 11 is 0. The number of carbonyl (C=O) groups excluding carboxylic acids is 3. The van der Waals surface area contributed by atoms with E-state index in [9.17, 15) is 14.4 Å². The third kappa shape index (κ3) is 6.14. The molecule has 0 bridgehead atoms. The van der Waals surface area contributed by atoms with Gasteiger partial charge in [0.1, 0.15) is 5.75 Å². The summed E-state index contributed by atoms with van der Waals surface area (Å²) in [4.78, 5) is 38.8. The molecule has 0 spiro atoms. The Morgan fingerprint density at radius 1 is 1.12 bits per heavy atom. The number of rotatable bonds is 8. The quantitative estimate of drug-likeness (QED) is 0.625. The third-order valence-electron chi connectivity index (χ3n) is 6.05. The van der Waals surface area contributed by atoms with Crippen molar-refractivity contribution in [1.29, 1.82) is 0 Å². The normalized spacial score (nSPS) is 19.8. The van der Waals surface area contributed by atoms with Crippen LogP contribution in [0.1, 0.15) is 30.4 Å². The van der Waals surface area contributed by atoms with Crippen LogP contribution in [0.3, 0.4) is 0 Å². The van der Waals surface area contributed by atoms with E-state index >= 15 is 0 Å². The van der Waals surface area contributed by atoms with Crippen molar-refractivity contribution in [3.05, 3.63) is 53.6 Å². The van der Waals surface area contributed by atoms with Crippen LogP contribution in [0.15, 0.2) is 42.5 Å². The minimum Gasteiger partial charge on any atom is -0.484 e. The number of nitrogens with zero attached hydrogens (tertiary/aromatic N) is 1. The Bertz CT molecular complexity index is 1030. The summed E-state index contributed by atoms with van der Waals surface area (Å²) in [7, 11) is 0. The van der Waals surface area contributed by atoms with E-state index in [4.69, 9.17) is 9.47 Å². The molecule has 0 aliphatic carbocycles. The SMILES string of the molecule is Cc1cc(C)cc(NC(=O)COc2ccc(N3C[C@@H](C(=O)NC[C@@H]4CCCO4)CC3=O)cc2)c1. The van der Waals surface area contributed by atoms with Crippen molar-refractivity contribution in [1.82, 2.24) is 5.32 Å². The molecule has 8 nitrogen and oxygen atoms in total. The first-order valence-corrected chi connectivity index (χ1v) is 11.7. The van der Waals surface area contributed by atoms with Crippen molar-refractivity contribution in [2.45, 2.75) is 39.2 Å². The summed E-state index contributed by atoms with van der Waals surface area (Å²) in [6.07, 6.45) is 2.24. The highest BCUT2D eigenvalue weighted by Gasteiger charge is 2.35. The number of amides is 3. The summed E-state index contributed by atoms with van der Waals surface area (Å²) < 4.78 is 11.1. The Balaban J connectivity index is 1.26. The number of hydrogen-bond donors (Lipinski definition) is 2. The highest BCUT2D eigenvalue weighted by molar-refractivity contribution is 6.00. The molecule has 0 unspecified atom stereocenters. The second kappa shape index (κ2) is 10.7. The summed E-state index contributed by atoms with van der Waals surface area (Å²) in [5, 5.41) is 5.75. The molecule has 4 rings (SSSR count). The molecule has 8 heteroatoms.